The summed E-state index contributed by atoms with van der Waals surface area (Å²) in [5, 5.41) is 3.06. The van der Waals surface area contributed by atoms with Gasteiger partial charge < -0.3 is 15.1 Å². The van der Waals surface area contributed by atoms with Crippen LogP contribution in [0.15, 0.2) is 42.7 Å². The molecule has 1 saturated heterocycles. The normalized spacial score (nSPS) is 14.5. The van der Waals surface area contributed by atoms with Crippen LogP contribution in [0.3, 0.4) is 0 Å². The van der Waals surface area contributed by atoms with Crippen LogP contribution in [0.4, 0.5) is 20.3 Å². The SMILES string of the molecule is CNc1nc(-c2ccc(N3CCN(C(=O)C(F)F)CC3)cc2)cc2nccnc12. The zero-order valence-corrected chi connectivity index (χ0v) is 15.8. The molecule has 1 aromatic carbocycles. The van der Waals surface area contributed by atoms with Crippen LogP contribution >= 0.6 is 0 Å². The van der Waals surface area contributed by atoms with Crippen molar-refractivity contribution in [2.75, 3.05) is 43.4 Å². The Bertz CT molecular complexity index is 1020. The van der Waals surface area contributed by atoms with E-state index in [0.717, 1.165) is 22.5 Å². The second kappa shape index (κ2) is 7.94. The van der Waals surface area contributed by atoms with E-state index in [-0.39, 0.29) is 0 Å². The van der Waals surface area contributed by atoms with Crippen LogP contribution < -0.4 is 10.2 Å². The van der Waals surface area contributed by atoms with Crippen molar-refractivity contribution in [3.8, 4) is 11.3 Å². The van der Waals surface area contributed by atoms with Crippen molar-refractivity contribution in [1.29, 1.82) is 0 Å². The first-order valence-corrected chi connectivity index (χ1v) is 9.28. The first-order chi connectivity index (χ1) is 14.1. The standard InChI is InChI=1S/C20H20F2N6O/c1-23-19-17-16(24-6-7-25-17)12-15(26-19)13-2-4-14(5-3-13)27-8-10-28(11-9-27)20(29)18(21)22/h2-7,12,18H,8-11H2,1H3,(H,23,26). The summed E-state index contributed by atoms with van der Waals surface area (Å²) in [5.74, 6) is -0.430. The smallest absolute Gasteiger partial charge is 0.315 e. The number of rotatable bonds is 4. The molecule has 0 aliphatic carbocycles. The van der Waals surface area contributed by atoms with E-state index in [1.165, 1.54) is 4.90 Å². The average Bonchev–Trinajstić information content (AvgIpc) is 2.78. The topological polar surface area (TPSA) is 74.2 Å². The highest BCUT2D eigenvalue weighted by molar-refractivity contribution is 5.88. The van der Waals surface area contributed by atoms with Gasteiger partial charge in [0.15, 0.2) is 5.82 Å². The molecule has 3 heterocycles. The van der Waals surface area contributed by atoms with E-state index < -0.39 is 12.3 Å². The first-order valence-electron chi connectivity index (χ1n) is 9.28. The molecule has 0 atom stereocenters. The van der Waals surface area contributed by atoms with Gasteiger partial charge in [-0.2, -0.15) is 8.78 Å². The zero-order valence-electron chi connectivity index (χ0n) is 15.8. The zero-order chi connectivity index (χ0) is 20.4. The molecule has 1 aliphatic rings. The highest BCUT2D eigenvalue weighted by Crippen LogP contribution is 2.27. The van der Waals surface area contributed by atoms with Crippen molar-refractivity contribution in [3.63, 3.8) is 0 Å². The second-order valence-electron chi connectivity index (χ2n) is 6.69. The lowest BCUT2D eigenvalue weighted by Crippen LogP contribution is -2.50. The molecule has 7 nitrogen and oxygen atoms in total. The predicted octanol–water partition coefficient (Wildman–Crippen LogP) is 2.65. The van der Waals surface area contributed by atoms with Crippen LogP contribution in [-0.2, 0) is 4.79 Å². The molecule has 0 radical (unpaired) electrons. The molecule has 1 N–H and O–H groups in total. The molecule has 1 aliphatic heterocycles. The molecule has 0 saturated carbocycles. The van der Waals surface area contributed by atoms with Crippen molar-refractivity contribution in [2.45, 2.75) is 6.43 Å². The number of pyridine rings is 1. The summed E-state index contributed by atoms with van der Waals surface area (Å²) >= 11 is 0. The Morgan fingerprint density at radius 1 is 1.07 bits per heavy atom. The highest BCUT2D eigenvalue weighted by atomic mass is 19.3. The third-order valence-corrected chi connectivity index (χ3v) is 5.00. The monoisotopic (exact) mass is 398 g/mol. The Hall–Kier alpha value is -3.36. The molecule has 1 amide bonds. The fourth-order valence-electron chi connectivity index (χ4n) is 3.46. The van der Waals surface area contributed by atoms with Gasteiger partial charge in [-0.3, -0.25) is 9.78 Å². The number of aromatic nitrogens is 3. The Morgan fingerprint density at radius 2 is 1.76 bits per heavy atom. The van der Waals surface area contributed by atoms with Crippen LogP contribution in [0.2, 0.25) is 0 Å². The van der Waals surface area contributed by atoms with Crippen molar-refractivity contribution >= 4 is 28.4 Å². The van der Waals surface area contributed by atoms with Crippen LogP contribution in [0, 0.1) is 0 Å². The number of hydrogen-bond acceptors (Lipinski definition) is 6. The molecule has 29 heavy (non-hydrogen) atoms. The van der Waals surface area contributed by atoms with Crippen LogP contribution in [-0.4, -0.2) is 65.4 Å². The fraction of sp³-hybridized carbons (Fsp3) is 0.300. The lowest BCUT2D eigenvalue weighted by atomic mass is 10.1. The molecular weight excluding hydrogens is 378 g/mol. The van der Waals surface area contributed by atoms with Crippen molar-refractivity contribution in [2.24, 2.45) is 0 Å². The van der Waals surface area contributed by atoms with Gasteiger partial charge in [0.25, 0.3) is 5.91 Å². The van der Waals surface area contributed by atoms with Gasteiger partial charge in [0.05, 0.1) is 11.2 Å². The summed E-state index contributed by atoms with van der Waals surface area (Å²) in [6.45, 7) is 1.62. The van der Waals surface area contributed by atoms with E-state index in [2.05, 4.69) is 25.2 Å². The number of carbonyl (C=O) groups excluding carboxylic acids is 1. The number of carbonyl (C=O) groups is 1. The lowest BCUT2D eigenvalue weighted by molar-refractivity contribution is -0.143. The third kappa shape index (κ3) is 3.80. The number of fused-ring (bicyclic) bond motifs is 1. The fourth-order valence-corrected chi connectivity index (χ4v) is 3.46. The van der Waals surface area contributed by atoms with Crippen LogP contribution in [0.25, 0.3) is 22.3 Å². The maximum Gasteiger partial charge on any atom is 0.315 e. The number of anilines is 2. The molecule has 150 valence electrons. The maximum atomic E-state index is 12.6. The minimum absolute atomic E-state index is 0.293. The summed E-state index contributed by atoms with van der Waals surface area (Å²) in [7, 11) is 1.79. The molecule has 1 fully saturated rings. The number of alkyl halides is 2. The van der Waals surface area contributed by atoms with Gasteiger partial charge in [-0.05, 0) is 18.2 Å². The minimum atomic E-state index is -2.94. The van der Waals surface area contributed by atoms with E-state index in [0.29, 0.717) is 37.5 Å². The minimum Gasteiger partial charge on any atom is -0.371 e. The Kier molecular flexibility index (Phi) is 5.20. The van der Waals surface area contributed by atoms with E-state index in [1.54, 1.807) is 19.4 Å². The van der Waals surface area contributed by atoms with E-state index in [4.69, 9.17) is 0 Å². The predicted molar refractivity (Wildman–Crippen MR) is 107 cm³/mol. The maximum absolute atomic E-state index is 12.6. The van der Waals surface area contributed by atoms with Gasteiger partial charge in [0.2, 0.25) is 0 Å². The summed E-state index contributed by atoms with van der Waals surface area (Å²) in [4.78, 5) is 28.0. The van der Waals surface area contributed by atoms with Crippen LogP contribution in [0.1, 0.15) is 0 Å². The summed E-state index contributed by atoms with van der Waals surface area (Å²) < 4.78 is 25.1. The Morgan fingerprint density at radius 3 is 2.41 bits per heavy atom. The van der Waals surface area contributed by atoms with Crippen molar-refractivity contribution < 1.29 is 13.6 Å². The number of piperazine rings is 1. The molecule has 2 aromatic heterocycles. The lowest BCUT2D eigenvalue weighted by Gasteiger charge is -2.36. The third-order valence-electron chi connectivity index (χ3n) is 5.00. The number of hydrogen-bond donors (Lipinski definition) is 1. The van der Waals surface area contributed by atoms with Crippen LogP contribution in [0.5, 0.6) is 0 Å². The first kappa shape index (κ1) is 19.0. The largest absolute Gasteiger partial charge is 0.371 e. The molecule has 0 bridgehead atoms. The Labute approximate surface area is 166 Å². The molecule has 0 unspecified atom stereocenters. The summed E-state index contributed by atoms with van der Waals surface area (Å²) in [5.41, 5.74) is 4.16. The molecule has 9 heteroatoms. The van der Waals surface area contributed by atoms with Gasteiger partial charge in [-0.1, -0.05) is 12.1 Å². The molecule has 3 aromatic rings. The quantitative estimate of drug-likeness (QED) is 0.728. The summed E-state index contributed by atoms with van der Waals surface area (Å²) in [6.07, 6.45) is 0.337. The Balaban J connectivity index is 1.52. The number of amides is 1. The molecule has 0 spiro atoms. The number of benzene rings is 1. The highest BCUT2D eigenvalue weighted by Gasteiger charge is 2.27. The van der Waals surface area contributed by atoms with Gasteiger partial charge in [-0.25, -0.2) is 9.97 Å². The van der Waals surface area contributed by atoms with Gasteiger partial charge >= 0.3 is 6.43 Å². The number of nitrogens with zero attached hydrogens (tertiary/aromatic N) is 5. The number of nitrogens with one attached hydrogen (secondary N) is 1. The van der Waals surface area contributed by atoms with Gasteiger partial charge in [-0.15, -0.1) is 0 Å². The van der Waals surface area contributed by atoms with E-state index in [1.807, 2.05) is 30.3 Å². The number of halogens is 2. The molecule has 4 rings (SSSR count). The molecular formula is C20H20F2N6O. The second-order valence-corrected chi connectivity index (χ2v) is 6.69. The van der Waals surface area contributed by atoms with Crippen molar-refractivity contribution in [1.82, 2.24) is 19.9 Å². The van der Waals surface area contributed by atoms with E-state index in [9.17, 15) is 13.6 Å². The van der Waals surface area contributed by atoms with Gasteiger partial charge in [0.1, 0.15) is 5.52 Å². The van der Waals surface area contributed by atoms with Gasteiger partial charge in [0, 0.05) is 56.9 Å². The summed E-state index contributed by atoms with van der Waals surface area (Å²) in [6, 6.07) is 9.78. The average molecular weight is 398 g/mol. The van der Waals surface area contributed by atoms with E-state index >= 15 is 0 Å². The van der Waals surface area contributed by atoms with Crippen molar-refractivity contribution in [3.05, 3.63) is 42.7 Å².